The summed E-state index contributed by atoms with van der Waals surface area (Å²) >= 11 is 6.15. The van der Waals surface area contributed by atoms with Crippen LogP contribution in [0.2, 0.25) is 5.02 Å². The van der Waals surface area contributed by atoms with Crippen LogP contribution in [0.3, 0.4) is 0 Å². The van der Waals surface area contributed by atoms with Gasteiger partial charge in [-0.3, -0.25) is 0 Å². The largest absolute Gasteiger partial charge is 0.446 e. The Kier molecular flexibility index (Phi) is 6.07. The number of hydrogen-bond acceptors (Lipinski definition) is 3. The number of nitrogens with zero attached hydrogens (tertiary/aromatic N) is 1. The van der Waals surface area contributed by atoms with E-state index in [0.29, 0.717) is 28.6 Å². The predicted octanol–water partition coefficient (Wildman–Crippen LogP) is 6.67. The summed E-state index contributed by atoms with van der Waals surface area (Å²) in [6, 6.07) is 5.83. The number of rotatable bonds is 4. The van der Waals surface area contributed by atoms with E-state index in [1.54, 1.807) is 18.5 Å². The van der Waals surface area contributed by atoms with Crippen molar-refractivity contribution in [1.29, 1.82) is 0 Å². The zero-order chi connectivity index (χ0) is 23.0. The van der Waals surface area contributed by atoms with Gasteiger partial charge in [-0.25, -0.2) is 9.78 Å². The topological polar surface area (TPSA) is 67.0 Å². The number of fused-ring (bicyclic) bond motifs is 1. The molecule has 1 aliphatic rings. The molecule has 1 amide bonds. The number of aromatic nitrogens is 2. The molecule has 4 rings (SSSR count). The summed E-state index contributed by atoms with van der Waals surface area (Å²) in [7, 11) is 0. The number of halogens is 4. The number of hydrogen-bond donors (Lipinski definition) is 2. The Bertz CT molecular complexity index is 1140. The van der Waals surface area contributed by atoms with E-state index in [9.17, 15) is 18.0 Å². The van der Waals surface area contributed by atoms with Crippen LogP contribution >= 0.6 is 11.6 Å². The number of ether oxygens (including phenoxy) is 1. The van der Waals surface area contributed by atoms with E-state index in [1.807, 2.05) is 19.9 Å². The maximum atomic E-state index is 13.3. The van der Waals surface area contributed by atoms with E-state index >= 15 is 0 Å². The van der Waals surface area contributed by atoms with Crippen LogP contribution in [0.25, 0.3) is 22.2 Å². The second-order valence-electron chi connectivity index (χ2n) is 8.37. The van der Waals surface area contributed by atoms with Gasteiger partial charge in [-0.1, -0.05) is 23.7 Å². The fraction of sp³-hybridized carbons (Fsp3) is 0.391. The lowest BCUT2D eigenvalue weighted by Gasteiger charge is -2.15. The molecule has 32 heavy (non-hydrogen) atoms. The minimum atomic E-state index is -4.54. The van der Waals surface area contributed by atoms with E-state index in [0.717, 1.165) is 24.5 Å². The van der Waals surface area contributed by atoms with E-state index < -0.39 is 17.8 Å². The number of carbonyl (C=O) groups is 1. The Morgan fingerprint density at radius 2 is 2.06 bits per heavy atom. The van der Waals surface area contributed by atoms with Crippen LogP contribution in [0.15, 0.2) is 36.7 Å². The molecule has 0 saturated heterocycles. The molecule has 170 valence electrons. The van der Waals surface area contributed by atoms with Crippen LogP contribution in [0.5, 0.6) is 0 Å². The third kappa shape index (κ3) is 4.55. The van der Waals surface area contributed by atoms with Crippen molar-refractivity contribution in [3.63, 3.8) is 0 Å². The van der Waals surface area contributed by atoms with E-state index in [-0.39, 0.29) is 23.1 Å². The minimum Gasteiger partial charge on any atom is -0.446 e. The zero-order valence-electron chi connectivity index (χ0n) is 17.6. The molecule has 0 spiro atoms. The third-order valence-electron chi connectivity index (χ3n) is 5.68. The van der Waals surface area contributed by atoms with Crippen LogP contribution in [-0.4, -0.2) is 28.2 Å². The molecule has 1 aromatic carbocycles. The second-order valence-corrected chi connectivity index (χ2v) is 8.75. The number of pyridine rings is 1. The third-order valence-corrected chi connectivity index (χ3v) is 6.09. The fourth-order valence-corrected chi connectivity index (χ4v) is 4.53. The van der Waals surface area contributed by atoms with Crippen LogP contribution in [0.4, 0.5) is 18.0 Å². The summed E-state index contributed by atoms with van der Waals surface area (Å²) in [5, 5.41) is 3.08. The van der Waals surface area contributed by atoms with Crippen LogP contribution in [-0.2, 0) is 10.9 Å². The molecule has 0 aliphatic heterocycles. The van der Waals surface area contributed by atoms with Gasteiger partial charge in [-0.05, 0) is 56.7 Å². The van der Waals surface area contributed by atoms with E-state index in [2.05, 4.69) is 15.3 Å². The number of nitrogens with one attached hydrogen (secondary N) is 2. The fourth-order valence-electron chi connectivity index (χ4n) is 4.20. The van der Waals surface area contributed by atoms with Crippen molar-refractivity contribution in [2.24, 2.45) is 0 Å². The molecule has 2 atom stereocenters. The minimum absolute atomic E-state index is 0.000918. The highest BCUT2D eigenvalue weighted by Crippen LogP contribution is 2.42. The molecule has 2 aromatic heterocycles. The molecule has 2 N–H and O–H groups in total. The molecule has 9 heteroatoms. The Morgan fingerprint density at radius 3 is 2.78 bits per heavy atom. The molecular formula is C23H23ClF3N3O2. The monoisotopic (exact) mass is 465 g/mol. The van der Waals surface area contributed by atoms with Crippen LogP contribution < -0.4 is 5.32 Å². The highest BCUT2D eigenvalue weighted by atomic mass is 35.5. The highest BCUT2D eigenvalue weighted by molar-refractivity contribution is 6.34. The molecule has 3 aromatic rings. The lowest BCUT2D eigenvalue weighted by Crippen LogP contribution is -2.33. The summed E-state index contributed by atoms with van der Waals surface area (Å²) in [5.41, 5.74) is 1.51. The maximum absolute atomic E-state index is 13.3. The predicted molar refractivity (Wildman–Crippen MR) is 117 cm³/mol. The molecule has 1 aliphatic carbocycles. The smallest absolute Gasteiger partial charge is 0.417 e. The first kappa shape index (κ1) is 22.5. The number of H-pyrrole nitrogens is 1. The van der Waals surface area contributed by atoms with Gasteiger partial charge in [0.2, 0.25) is 0 Å². The quantitative estimate of drug-likeness (QED) is 0.452. The normalized spacial score (nSPS) is 19.0. The molecule has 1 fully saturated rings. The number of aromatic amines is 1. The summed E-state index contributed by atoms with van der Waals surface area (Å²) in [6.45, 7) is 3.73. The van der Waals surface area contributed by atoms with Gasteiger partial charge in [0.15, 0.2) is 0 Å². The first-order chi connectivity index (χ1) is 15.1. The van der Waals surface area contributed by atoms with Crippen LogP contribution in [0.1, 0.15) is 50.2 Å². The SMILES string of the molecule is CC(C)NC(=O)O[C@@H]1CC[C@H](c2cnc3[nH]cc(-c4cccc(C(F)(F)F)c4Cl)c3c2)C1. The summed E-state index contributed by atoms with van der Waals surface area (Å²) in [4.78, 5) is 19.4. The van der Waals surface area contributed by atoms with Gasteiger partial charge in [-0.15, -0.1) is 0 Å². The van der Waals surface area contributed by atoms with E-state index in [1.165, 1.54) is 6.07 Å². The van der Waals surface area contributed by atoms with Gasteiger partial charge < -0.3 is 15.0 Å². The van der Waals surface area contributed by atoms with Crippen molar-refractivity contribution >= 4 is 28.7 Å². The van der Waals surface area contributed by atoms with Crippen molar-refractivity contribution in [3.8, 4) is 11.1 Å². The number of amides is 1. The average molecular weight is 466 g/mol. The lowest BCUT2D eigenvalue weighted by atomic mass is 9.96. The second kappa shape index (κ2) is 8.65. The van der Waals surface area contributed by atoms with Gasteiger partial charge in [0, 0.05) is 34.9 Å². The Morgan fingerprint density at radius 1 is 1.28 bits per heavy atom. The first-order valence-electron chi connectivity index (χ1n) is 10.4. The van der Waals surface area contributed by atoms with Gasteiger partial charge >= 0.3 is 12.3 Å². The highest BCUT2D eigenvalue weighted by Gasteiger charge is 2.34. The maximum Gasteiger partial charge on any atom is 0.417 e. The Balaban J connectivity index is 1.60. The zero-order valence-corrected chi connectivity index (χ0v) is 18.3. The molecule has 0 bridgehead atoms. The first-order valence-corrected chi connectivity index (χ1v) is 10.8. The number of benzene rings is 1. The van der Waals surface area contributed by atoms with Crippen LogP contribution in [0, 0.1) is 0 Å². The Hall–Kier alpha value is -2.74. The molecule has 0 radical (unpaired) electrons. The molecule has 0 unspecified atom stereocenters. The Labute approximate surface area is 188 Å². The van der Waals surface area contributed by atoms with Crippen molar-refractivity contribution < 1.29 is 22.7 Å². The van der Waals surface area contributed by atoms with Gasteiger partial charge in [0.25, 0.3) is 0 Å². The standard InChI is InChI=1S/C23H23ClF3N3O2/c1-12(2)30-22(31)32-15-7-6-13(8-15)14-9-17-18(11-29-21(17)28-10-14)16-4-3-5-19(20(16)24)23(25,26)27/h3-5,9-13,15H,6-8H2,1-2H3,(H,28,29)(H,30,31)/t13-,15+/m0/s1. The summed E-state index contributed by atoms with van der Waals surface area (Å²) in [5.74, 6) is 0.142. The van der Waals surface area contributed by atoms with Crippen molar-refractivity contribution in [1.82, 2.24) is 15.3 Å². The van der Waals surface area contributed by atoms with E-state index in [4.69, 9.17) is 16.3 Å². The number of alkyl carbamates (subject to hydrolysis) is 1. The van der Waals surface area contributed by atoms with Crippen molar-refractivity contribution in [2.45, 2.75) is 57.3 Å². The molecule has 5 nitrogen and oxygen atoms in total. The van der Waals surface area contributed by atoms with Gasteiger partial charge in [-0.2, -0.15) is 13.2 Å². The lowest BCUT2D eigenvalue weighted by molar-refractivity contribution is -0.137. The number of alkyl halides is 3. The van der Waals surface area contributed by atoms with Gasteiger partial charge in [0.1, 0.15) is 11.8 Å². The molecule has 2 heterocycles. The number of carbonyl (C=O) groups excluding carboxylic acids is 1. The van der Waals surface area contributed by atoms with Crippen molar-refractivity contribution in [3.05, 3.63) is 52.8 Å². The van der Waals surface area contributed by atoms with Gasteiger partial charge in [0.05, 0.1) is 10.6 Å². The summed E-state index contributed by atoms with van der Waals surface area (Å²) < 4.78 is 45.4. The summed E-state index contributed by atoms with van der Waals surface area (Å²) in [6.07, 6.45) is 0.484. The molecular weight excluding hydrogens is 443 g/mol. The average Bonchev–Trinajstić information content (AvgIpc) is 3.33. The molecule has 1 saturated carbocycles. The van der Waals surface area contributed by atoms with Crippen molar-refractivity contribution in [2.75, 3.05) is 0 Å².